The van der Waals surface area contributed by atoms with Crippen molar-refractivity contribution in [3.8, 4) is 5.75 Å². The Hall–Kier alpha value is -1.40. The average Bonchev–Trinajstić information content (AvgIpc) is 2.50. The summed E-state index contributed by atoms with van der Waals surface area (Å²) in [6.45, 7) is 3.62. The SMILES string of the molecule is CCC(CSC)NCCOc1ccc(/C(N)=N/O)cc1. The van der Waals surface area contributed by atoms with E-state index in [-0.39, 0.29) is 5.84 Å². The number of hydrogen-bond acceptors (Lipinski definition) is 5. The molecule has 6 heteroatoms. The summed E-state index contributed by atoms with van der Waals surface area (Å²) in [5, 5.41) is 15.0. The van der Waals surface area contributed by atoms with Gasteiger partial charge in [0.05, 0.1) is 0 Å². The second-order valence-corrected chi connectivity index (χ2v) is 5.28. The summed E-state index contributed by atoms with van der Waals surface area (Å²) in [4.78, 5) is 0. The molecule has 0 aromatic heterocycles. The van der Waals surface area contributed by atoms with Crippen molar-refractivity contribution in [1.29, 1.82) is 0 Å². The van der Waals surface area contributed by atoms with Gasteiger partial charge in [0.1, 0.15) is 12.4 Å². The molecule has 4 N–H and O–H groups in total. The molecule has 0 saturated heterocycles. The molecular weight excluding hydrogens is 274 g/mol. The van der Waals surface area contributed by atoms with E-state index >= 15 is 0 Å². The lowest BCUT2D eigenvalue weighted by Gasteiger charge is -2.15. The Labute approximate surface area is 124 Å². The van der Waals surface area contributed by atoms with Crippen LogP contribution in [0, 0.1) is 0 Å². The summed E-state index contributed by atoms with van der Waals surface area (Å²) >= 11 is 1.85. The third-order valence-electron chi connectivity index (χ3n) is 2.92. The van der Waals surface area contributed by atoms with Crippen LogP contribution in [0.2, 0.25) is 0 Å². The smallest absolute Gasteiger partial charge is 0.170 e. The number of benzene rings is 1. The minimum absolute atomic E-state index is 0.0982. The van der Waals surface area contributed by atoms with Gasteiger partial charge in [0.25, 0.3) is 0 Å². The van der Waals surface area contributed by atoms with E-state index in [1.807, 2.05) is 23.9 Å². The molecule has 112 valence electrons. The average molecular weight is 297 g/mol. The molecule has 0 aliphatic rings. The van der Waals surface area contributed by atoms with Gasteiger partial charge in [-0.05, 0) is 36.9 Å². The van der Waals surface area contributed by atoms with Gasteiger partial charge >= 0.3 is 0 Å². The molecule has 5 nitrogen and oxygen atoms in total. The van der Waals surface area contributed by atoms with Crippen LogP contribution >= 0.6 is 11.8 Å². The Kier molecular flexibility index (Phi) is 7.91. The van der Waals surface area contributed by atoms with E-state index in [1.165, 1.54) is 0 Å². The number of oxime groups is 1. The van der Waals surface area contributed by atoms with Crippen molar-refractivity contribution in [2.75, 3.05) is 25.2 Å². The molecular formula is C14H23N3O2S. The topological polar surface area (TPSA) is 79.9 Å². The van der Waals surface area contributed by atoms with Gasteiger partial charge in [-0.15, -0.1) is 0 Å². The number of rotatable bonds is 9. The fourth-order valence-corrected chi connectivity index (χ4v) is 2.49. The maximum Gasteiger partial charge on any atom is 0.170 e. The number of hydrogen-bond donors (Lipinski definition) is 3. The number of amidine groups is 1. The van der Waals surface area contributed by atoms with Crippen LogP contribution in [0.15, 0.2) is 29.4 Å². The number of thioether (sulfide) groups is 1. The standard InChI is InChI=1S/C14H23N3O2S/c1-3-12(10-20-2)16-8-9-19-13-6-4-11(5-7-13)14(15)17-18/h4-7,12,16,18H,3,8-10H2,1-2H3,(H2,15,17). The zero-order chi connectivity index (χ0) is 14.8. The Bertz CT molecular complexity index is 409. The number of nitrogens with zero attached hydrogens (tertiary/aromatic N) is 1. The lowest BCUT2D eigenvalue weighted by Crippen LogP contribution is -2.33. The van der Waals surface area contributed by atoms with Crippen LogP contribution in [-0.2, 0) is 0 Å². The van der Waals surface area contributed by atoms with Crippen LogP contribution in [0.5, 0.6) is 5.75 Å². The van der Waals surface area contributed by atoms with E-state index in [9.17, 15) is 0 Å². The number of nitrogens with one attached hydrogen (secondary N) is 1. The van der Waals surface area contributed by atoms with Crippen LogP contribution in [0.25, 0.3) is 0 Å². The van der Waals surface area contributed by atoms with Crippen LogP contribution in [-0.4, -0.2) is 42.2 Å². The summed E-state index contributed by atoms with van der Waals surface area (Å²) in [5.41, 5.74) is 6.16. The highest BCUT2D eigenvalue weighted by Crippen LogP contribution is 2.11. The summed E-state index contributed by atoms with van der Waals surface area (Å²) in [6.07, 6.45) is 3.24. The highest BCUT2D eigenvalue weighted by molar-refractivity contribution is 7.98. The van der Waals surface area contributed by atoms with Gasteiger partial charge in [0.15, 0.2) is 5.84 Å². The third-order valence-corrected chi connectivity index (χ3v) is 3.66. The first-order valence-corrected chi connectivity index (χ1v) is 8.03. The van der Waals surface area contributed by atoms with Gasteiger partial charge in [0, 0.05) is 23.9 Å². The first-order chi connectivity index (χ1) is 9.71. The Morgan fingerprint density at radius 2 is 2.15 bits per heavy atom. The first kappa shape index (κ1) is 16.7. The molecule has 0 saturated carbocycles. The third kappa shape index (κ3) is 5.71. The van der Waals surface area contributed by atoms with Gasteiger partial charge in [-0.25, -0.2) is 0 Å². The second-order valence-electron chi connectivity index (χ2n) is 4.37. The molecule has 0 spiro atoms. The Morgan fingerprint density at radius 3 is 2.70 bits per heavy atom. The van der Waals surface area contributed by atoms with E-state index in [0.717, 1.165) is 24.5 Å². The van der Waals surface area contributed by atoms with Crippen molar-refractivity contribution in [3.05, 3.63) is 29.8 Å². The summed E-state index contributed by atoms with van der Waals surface area (Å²) in [7, 11) is 0. The summed E-state index contributed by atoms with van der Waals surface area (Å²) in [6, 6.07) is 7.69. The first-order valence-electron chi connectivity index (χ1n) is 6.64. The molecule has 1 aromatic rings. The second kappa shape index (κ2) is 9.50. The van der Waals surface area contributed by atoms with Crippen molar-refractivity contribution in [2.45, 2.75) is 19.4 Å². The number of ether oxygens (including phenoxy) is 1. The molecule has 0 amide bonds. The van der Waals surface area contributed by atoms with Crippen molar-refractivity contribution in [2.24, 2.45) is 10.9 Å². The molecule has 20 heavy (non-hydrogen) atoms. The highest BCUT2D eigenvalue weighted by Gasteiger charge is 2.04. The fraction of sp³-hybridized carbons (Fsp3) is 0.500. The van der Waals surface area contributed by atoms with Crippen molar-refractivity contribution in [1.82, 2.24) is 5.32 Å². The van der Waals surface area contributed by atoms with Gasteiger partial charge in [-0.3, -0.25) is 0 Å². The quantitative estimate of drug-likeness (QED) is 0.213. The molecule has 1 rings (SSSR count). The molecule has 1 aromatic carbocycles. The molecule has 1 atom stereocenters. The van der Waals surface area contributed by atoms with E-state index < -0.39 is 0 Å². The fourth-order valence-electron chi connectivity index (χ4n) is 1.73. The summed E-state index contributed by atoms with van der Waals surface area (Å²) < 4.78 is 5.63. The lowest BCUT2D eigenvalue weighted by atomic mass is 10.2. The Balaban J connectivity index is 2.32. The molecule has 0 heterocycles. The minimum Gasteiger partial charge on any atom is -0.492 e. The van der Waals surface area contributed by atoms with Gasteiger partial charge in [0.2, 0.25) is 0 Å². The normalized spacial score (nSPS) is 13.2. The maximum atomic E-state index is 8.57. The van der Waals surface area contributed by atoms with E-state index in [2.05, 4.69) is 23.7 Å². The predicted octanol–water partition coefficient (Wildman–Crippen LogP) is 1.89. The number of nitrogens with two attached hydrogens (primary N) is 1. The predicted molar refractivity (Wildman–Crippen MR) is 84.9 cm³/mol. The van der Waals surface area contributed by atoms with Crippen LogP contribution < -0.4 is 15.8 Å². The molecule has 0 bridgehead atoms. The van der Waals surface area contributed by atoms with E-state index in [0.29, 0.717) is 18.2 Å². The van der Waals surface area contributed by atoms with Gasteiger partial charge < -0.3 is 21.0 Å². The van der Waals surface area contributed by atoms with Crippen molar-refractivity contribution in [3.63, 3.8) is 0 Å². The van der Waals surface area contributed by atoms with Crippen molar-refractivity contribution >= 4 is 17.6 Å². The lowest BCUT2D eigenvalue weighted by molar-refractivity contribution is 0.306. The van der Waals surface area contributed by atoms with Gasteiger partial charge in [-0.2, -0.15) is 11.8 Å². The molecule has 1 unspecified atom stereocenters. The zero-order valence-electron chi connectivity index (χ0n) is 12.0. The summed E-state index contributed by atoms with van der Waals surface area (Å²) in [5.74, 6) is 1.99. The largest absolute Gasteiger partial charge is 0.492 e. The molecule has 0 aliphatic carbocycles. The van der Waals surface area contributed by atoms with E-state index in [4.69, 9.17) is 15.7 Å². The monoisotopic (exact) mass is 297 g/mol. The molecule has 0 aliphatic heterocycles. The minimum atomic E-state index is 0.0982. The zero-order valence-corrected chi connectivity index (χ0v) is 12.8. The van der Waals surface area contributed by atoms with Crippen LogP contribution in [0.1, 0.15) is 18.9 Å². The van der Waals surface area contributed by atoms with Crippen molar-refractivity contribution < 1.29 is 9.94 Å². The van der Waals surface area contributed by atoms with Crippen LogP contribution in [0.4, 0.5) is 0 Å². The van der Waals surface area contributed by atoms with Gasteiger partial charge in [-0.1, -0.05) is 12.1 Å². The highest BCUT2D eigenvalue weighted by atomic mass is 32.2. The molecule has 0 fully saturated rings. The molecule has 0 radical (unpaired) electrons. The maximum absolute atomic E-state index is 8.57. The van der Waals surface area contributed by atoms with Crippen LogP contribution in [0.3, 0.4) is 0 Å². The van der Waals surface area contributed by atoms with E-state index in [1.54, 1.807) is 12.1 Å². The Morgan fingerprint density at radius 1 is 1.45 bits per heavy atom.